The minimum atomic E-state index is -5.72. The van der Waals surface area contributed by atoms with Crippen molar-refractivity contribution in [2.45, 2.75) is 18.6 Å². The fourth-order valence-corrected chi connectivity index (χ4v) is 3.78. The lowest BCUT2D eigenvalue weighted by molar-refractivity contribution is -0.289. The van der Waals surface area contributed by atoms with Gasteiger partial charge in [-0.05, 0) is 35.9 Å². The van der Waals surface area contributed by atoms with E-state index in [2.05, 4.69) is 25.5 Å². The first kappa shape index (κ1) is 28.2. The van der Waals surface area contributed by atoms with Crippen LogP contribution in [-0.2, 0) is 17.2 Å². The van der Waals surface area contributed by atoms with Gasteiger partial charge in [0.1, 0.15) is 12.4 Å². The Morgan fingerprint density at radius 3 is 2.46 bits per heavy atom. The van der Waals surface area contributed by atoms with E-state index in [4.69, 9.17) is 9.47 Å². The Morgan fingerprint density at radius 1 is 1.00 bits per heavy atom. The van der Waals surface area contributed by atoms with Gasteiger partial charge in [0, 0.05) is 55.9 Å². The molecule has 8 nitrogen and oxygen atoms in total. The number of halogens is 5. The summed E-state index contributed by atoms with van der Waals surface area (Å²) in [5.41, 5.74) is -0.203. The molecular formula is C26H26F5N5O3. The molecule has 0 radical (unpaired) electrons. The highest BCUT2D eigenvalue weighted by Gasteiger charge is 2.58. The van der Waals surface area contributed by atoms with E-state index in [0.717, 1.165) is 37.3 Å². The van der Waals surface area contributed by atoms with Crippen molar-refractivity contribution in [2.24, 2.45) is 0 Å². The summed E-state index contributed by atoms with van der Waals surface area (Å²) in [5.74, 6) is -4.91. The number of ether oxygens (including phenoxy) is 2. The average Bonchev–Trinajstić information content (AvgIpc) is 2.92. The number of hydrogen-bond acceptors (Lipinski definition) is 7. The van der Waals surface area contributed by atoms with Gasteiger partial charge in [-0.15, -0.1) is 0 Å². The van der Waals surface area contributed by atoms with Gasteiger partial charge in [0.25, 0.3) is 5.91 Å². The van der Waals surface area contributed by atoms with Crippen LogP contribution in [0.25, 0.3) is 0 Å². The number of carbonyl (C=O) groups is 1. The molecule has 0 bridgehead atoms. The first-order valence-corrected chi connectivity index (χ1v) is 12.1. The number of hydrogen-bond donors (Lipinski definition) is 2. The highest BCUT2D eigenvalue weighted by molar-refractivity contribution is 6.07. The second kappa shape index (κ2) is 12.3. The van der Waals surface area contributed by atoms with Crippen molar-refractivity contribution in [2.75, 3.05) is 50.1 Å². The molecular weight excluding hydrogens is 525 g/mol. The summed E-state index contributed by atoms with van der Waals surface area (Å²) in [6, 6.07) is 9.80. The van der Waals surface area contributed by atoms with Gasteiger partial charge in [0.2, 0.25) is 5.88 Å². The van der Waals surface area contributed by atoms with E-state index in [-0.39, 0.29) is 17.1 Å². The number of nitrogens with one attached hydrogen (secondary N) is 2. The molecule has 4 rings (SSSR count). The largest absolute Gasteiger partial charge is 0.476 e. The Bertz CT molecular complexity index is 1250. The van der Waals surface area contributed by atoms with Gasteiger partial charge in [-0.3, -0.25) is 9.69 Å². The highest BCUT2D eigenvalue weighted by Crippen LogP contribution is 2.43. The van der Waals surface area contributed by atoms with Crippen LogP contribution >= 0.6 is 0 Å². The third-order valence-corrected chi connectivity index (χ3v) is 5.93. The Labute approximate surface area is 221 Å². The Kier molecular flexibility index (Phi) is 8.92. The maximum Gasteiger partial charge on any atom is 0.458 e. The molecule has 2 N–H and O–H groups in total. The summed E-state index contributed by atoms with van der Waals surface area (Å²) in [5, 5.41) is 5.56. The average molecular weight is 552 g/mol. The Balaban J connectivity index is 1.34. The first-order chi connectivity index (χ1) is 18.6. The van der Waals surface area contributed by atoms with E-state index in [0.29, 0.717) is 44.4 Å². The van der Waals surface area contributed by atoms with Gasteiger partial charge in [-0.1, -0.05) is 12.1 Å². The van der Waals surface area contributed by atoms with Crippen molar-refractivity contribution in [1.29, 1.82) is 0 Å². The molecule has 1 saturated heterocycles. The van der Waals surface area contributed by atoms with Crippen LogP contribution in [-0.4, -0.2) is 66.4 Å². The fraction of sp³-hybridized carbons (Fsp3) is 0.346. The SMILES string of the molecule is O=C(Nc1ccc(C(F)(F)C(F)(F)F)cc1)c1cccnc1NCc1ccnc(OCCN2CCOCC2)c1. The molecule has 1 aromatic carbocycles. The van der Waals surface area contributed by atoms with E-state index in [9.17, 15) is 26.7 Å². The molecule has 3 heterocycles. The maximum absolute atomic E-state index is 13.5. The van der Waals surface area contributed by atoms with Crippen LogP contribution < -0.4 is 15.4 Å². The number of pyridine rings is 2. The topological polar surface area (TPSA) is 88.6 Å². The van der Waals surface area contributed by atoms with Crippen LogP contribution in [0.1, 0.15) is 21.5 Å². The molecule has 1 amide bonds. The van der Waals surface area contributed by atoms with Crippen LogP contribution in [0.15, 0.2) is 60.9 Å². The van der Waals surface area contributed by atoms with Crippen LogP contribution in [0.2, 0.25) is 0 Å². The zero-order chi connectivity index (χ0) is 27.9. The molecule has 208 valence electrons. The third kappa shape index (κ3) is 7.39. The smallest absolute Gasteiger partial charge is 0.458 e. The number of benzene rings is 1. The van der Waals surface area contributed by atoms with Crippen LogP contribution in [0.5, 0.6) is 5.88 Å². The Morgan fingerprint density at radius 2 is 1.74 bits per heavy atom. The zero-order valence-corrected chi connectivity index (χ0v) is 20.7. The van der Waals surface area contributed by atoms with E-state index in [1.807, 2.05) is 0 Å². The van der Waals surface area contributed by atoms with Gasteiger partial charge in [-0.25, -0.2) is 9.97 Å². The highest BCUT2D eigenvalue weighted by atomic mass is 19.4. The molecule has 2 aromatic heterocycles. The summed E-state index contributed by atoms with van der Waals surface area (Å²) < 4.78 is 75.9. The van der Waals surface area contributed by atoms with Crippen LogP contribution in [0.3, 0.4) is 0 Å². The molecule has 13 heteroatoms. The lowest BCUT2D eigenvalue weighted by Crippen LogP contribution is -2.38. The first-order valence-electron chi connectivity index (χ1n) is 12.1. The molecule has 39 heavy (non-hydrogen) atoms. The second-order valence-corrected chi connectivity index (χ2v) is 8.66. The number of anilines is 2. The molecule has 1 aliphatic heterocycles. The maximum atomic E-state index is 13.5. The van der Waals surface area contributed by atoms with Gasteiger partial charge < -0.3 is 20.1 Å². The van der Waals surface area contributed by atoms with E-state index >= 15 is 0 Å². The van der Waals surface area contributed by atoms with Gasteiger partial charge in [-0.2, -0.15) is 22.0 Å². The summed E-state index contributed by atoms with van der Waals surface area (Å²) in [6.07, 6.45) is -2.63. The number of carbonyl (C=O) groups excluding carboxylic acids is 1. The minimum absolute atomic E-state index is 0.0459. The normalized spacial score (nSPS) is 14.6. The number of morpholine rings is 1. The predicted molar refractivity (Wildman–Crippen MR) is 133 cm³/mol. The monoisotopic (exact) mass is 551 g/mol. The molecule has 1 aliphatic rings. The molecule has 0 saturated carbocycles. The van der Waals surface area contributed by atoms with Gasteiger partial charge in [0.15, 0.2) is 0 Å². The number of alkyl halides is 5. The van der Waals surface area contributed by atoms with Crippen molar-refractivity contribution in [1.82, 2.24) is 14.9 Å². The lowest BCUT2D eigenvalue weighted by Gasteiger charge is -2.26. The molecule has 0 unspecified atom stereocenters. The lowest BCUT2D eigenvalue weighted by atomic mass is 10.1. The third-order valence-electron chi connectivity index (χ3n) is 5.93. The van der Waals surface area contributed by atoms with Crippen LogP contribution in [0, 0.1) is 0 Å². The number of aromatic nitrogens is 2. The van der Waals surface area contributed by atoms with Gasteiger partial charge in [0.05, 0.1) is 18.8 Å². The molecule has 0 spiro atoms. The molecule has 0 aliphatic carbocycles. The van der Waals surface area contributed by atoms with Gasteiger partial charge >= 0.3 is 12.1 Å². The van der Waals surface area contributed by atoms with Crippen molar-refractivity contribution in [3.63, 3.8) is 0 Å². The molecule has 0 atom stereocenters. The summed E-state index contributed by atoms with van der Waals surface area (Å²) in [4.78, 5) is 23.5. The number of nitrogens with zero attached hydrogens (tertiary/aromatic N) is 3. The van der Waals surface area contributed by atoms with E-state index < -0.39 is 23.6 Å². The summed E-state index contributed by atoms with van der Waals surface area (Å²) in [6.45, 7) is 4.66. The van der Waals surface area contributed by atoms with Crippen LogP contribution in [0.4, 0.5) is 33.5 Å². The number of rotatable bonds is 10. The molecule has 1 fully saturated rings. The predicted octanol–water partition coefficient (Wildman–Crippen LogP) is 4.71. The fourth-order valence-electron chi connectivity index (χ4n) is 3.78. The number of amides is 1. The zero-order valence-electron chi connectivity index (χ0n) is 20.7. The minimum Gasteiger partial charge on any atom is -0.476 e. The quantitative estimate of drug-likeness (QED) is 0.353. The molecule has 3 aromatic rings. The summed E-state index contributed by atoms with van der Waals surface area (Å²) in [7, 11) is 0. The van der Waals surface area contributed by atoms with E-state index in [1.54, 1.807) is 24.4 Å². The van der Waals surface area contributed by atoms with E-state index in [1.165, 1.54) is 12.3 Å². The van der Waals surface area contributed by atoms with Crippen molar-refractivity contribution in [3.05, 3.63) is 77.6 Å². The second-order valence-electron chi connectivity index (χ2n) is 8.66. The Hall–Kier alpha value is -3.84. The summed E-state index contributed by atoms with van der Waals surface area (Å²) >= 11 is 0. The van der Waals surface area contributed by atoms with Crippen molar-refractivity contribution >= 4 is 17.4 Å². The van der Waals surface area contributed by atoms with Crippen molar-refractivity contribution < 1.29 is 36.2 Å². The van der Waals surface area contributed by atoms with Crippen molar-refractivity contribution in [3.8, 4) is 5.88 Å². The standard InChI is InChI=1S/C26H26F5N5O3/c27-25(28,26(29,30)31)19-3-5-20(6-4-19)35-24(37)21-2-1-8-33-23(21)34-17-18-7-9-32-22(16-18)39-15-12-36-10-13-38-14-11-36/h1-9,16H,10-15,17H2,(H,33,34)(H,35,37).